The van der Waals surface area contributed by atoms with Gasteiger partial charge in [-0.25, -0.2) is 4.98 Å². The molecule has 0 saturated heterocycles. The van der Waals surface area contributed by atoms with Crippen LogP contribution in [0.4, 0.5) is 0 Å². The molecule has 0 spiro atoms. The Hall–Kier alpha value is -0.930. The fourth-order valence-electron chi connectivity index (χ4n) is 4.39. The molecule has 4 rings (SSSR count). The van der Waals surface area contributed by atoms with Crippen molar-refractivity contribution in [3.63, 3.8) is 0 Å². The molecule has 0 amide bonds. The largest absolute Gasteiger partial charge is 0.330 e. The predicted octanol–water partition coefficient (Wildman–Crippen LogP) is 3.60. The topological polar surface area (TPSA) is 38.9 Å². The second kappa shape index (κ2) is 4.29. The zero-order valence-electron chi connectivity index (χ0n) is 11.1. The van der Waals surface area contributed by atoms with E-state index in [0.717, 1.165) is 30.3 Å². The lowest BCUT2D eigenvalue weighted by Crippen LogP contribution is -2.37. The molecule has 3 unspecified atom stereocenters. The first-order valence-corrected chi connectivity index (χ1v) is 8.15. The number of thiazole rings is 1. The van der Waals surface area contributed by atoms with Gasteiger partial charge in [0.1, 0.15) is 0 Å². The number of rotatable bonds is 3. The van der Waals surface area contributed by atoms with E-state index in [-0.39, 0.29) is 0 Å². The van der Waals surface area contributed by atoms with Crippen molar-refractivity contribution in [1.29, 1.82) is 0 Å². The number of fused-ring (bicyclic) bond motifs is 3. The van der Waals surface area contributed by atoms with Crippen LogP contribution in [0.2, 0.25) is 0 Å². The van der Waals surface area contributed by atoms with Crippen LogP contribution in [0, 0.1) is 17.3 Å². The third-order valence-electron chi connectivity index (χ3n) is 5.35. The van der Waals surface area contributed by atoms with Crippen LogP contribution in [0.5, 0.6) is 0 Å². The van der Waals surface area contributed by atoms with E-state index in [9.17, 15) is 0 Å². The van der Waals surface area contributed by atoms with Crippen molar-refractivity contribution < 1.29 is 0 Å². The molecule has 19 heavy (non-hydrogen) atoms. The highest BCUT2D eigenvalue weighted by Gasteiger charge is 2.50. The summed E-state index contributed by atoms with van der Waals surface area (Å²) in [5.41, 5.74) is 7.68. The standard InChI is InChI=1S/C16H20N2S/c17-10-16(8-11-5-6-12(16)7-11)9-15-18-13-3-1-2-4-14(13)19-15/h1-4,11-12H,5-10,17H2. The maximum absolute atomic E-state index is 6.17. The van der Waals surface area contributed by atoms with Crippen molar-refractivity contribution >= 4 is 21.6 Å². The molecule has 2 fully saturated rings. The summed E-state index contributed by atoms with van der Waals surface area (Å²) >= 11 is 1.86. The molecule has 3 heteroatoms. The molecule has 2 bridgehead atoms. The summed E-state index contributed by atoms with van der Waals surface area (Å²) in [5.74, 6) is 1.80. The van der Waals surface area contributed by atoms with Gasteiger partial charge in [-0.3, -0.25) is 0 Å². The van der Waals surface area contributed by atoms with Gasteiger partial charge in [-0.15, -0.1) is 11.3 Å². The summed E-state index contributed by atoms with van der Waals surface area (Å²) in [5, 5.41) is 1.29. The maximum atomic E-state index is 6.17. The minimum absolute atomic E-state index is 0.358. The fourth-order valence-corrected chi connectivity index (χ4v) is 5.52. The Balaban J connectivity index is 1.66. The number of hydrogen-bond donors (Lipinski definition) is 1. The van der Waals surface area contributed by atoms with Gasteiger partial charge in [0.25, 0.3) is 0 Å². The molecule has 1 heterocycles. The highest BCUT2D eigenvalue weighted by molar-refractivity contribution is 7.18. The van der Waals surface area contributed by atoms with Gasteiger partial charge >= 0.3 is 0 Å². The molecule has 3 atom stereocenters. The van der Waals surface area contributed by atoms with Crippen molar-refractivity contribution in [3.8, 4) is 0 Å². The Labute approximate surface area is 118 Å². The van der Waals surface area contributed by atoms with Gasteiger partial charge in [0.2, 0.25) is 0 Å². The molecule has 2 aliphatic rings. The van der Waals surface area contributed by atoms with E-state index in [4.69, 9.17) is 10.7 Å². The molecule has 2 aromatic rings. The summed E-state index contributed by atoms with van der Waals surface area (Å²) < 4.78 is 1.31. The number of aromatic nitrogens is 1. The Morgan fingerprint density at radius 2 is 2.21 bits per heavy atom. The van der Waals surface area contributed by atoms with Crippen LogP contribution in [-0.2, 0) is 6.42 Å². The number of hydrogen-bond acceptors (Lipinski definition) is 3. The summed E-state index contributed by atoms with van der Waals surface area (Å²) in [4.78, 5) is 4.82. The molecule has 1 aromatic carbocycles. The number of nitrogens with two attached hydrogens (primary N) is 1. The minimum Gasteiger partial charge on any atom is -0.330 e. The predicted molar refractivity (Wildman–Crippen MR) is 80.3 cm³/mol. The second-order valence-electron chi connectivity index (χ2n) is 6.40. The van der Waals surface area contributed by atoms with E-state index in [0.29, 0.717) is 5.41 Å². The molecule has 2 N–H and O–H groups in total. The normalized spacial score (nSPS) is 33.3. The third-order valence-corrected chi connectivity index (χ3v) is 6.39. The monoisotopic (exact) mass is 272 g/mol. The smallest absolute Gasteiger partial charge is 0.0944 e. The third kappa shape index (κ3) is 1.83. The Morgan fingerprint density at radius 3 is 2.89 bits per heavy atom. The van der Waals surface area contributed by atoms with Gasteiger partial charge in [-0.1, -0.05) is 18.6 Å². The maximum Gasteiger partial charge on any atom is 0.0944 e. The van der Waals surface area contributed by atoms with Crippen molar-refractivity contribution in [2.24, 2.45) is 23.0 Å². The highest BCUT2D eigenvalue weighted by atomic mass is 32.1. The lowest BCUT2D eigenvalue weighted by atomic mass is 9.71. The lowest BCUT2D eigenvalue weighted by Gasteiger charge is -2.36. The van der Waals surface area contributed by atoms with Gasteiger partial charge in [0.05, 0.1) is 15.2 Å². The van der Waals surface area contributed by atoms with Gasteiger partial charge in [0, 0.05) is 6.42 Å². The average Bonchev–Trinajstić information content (AvgIpc) is 3.11. The molecule has 0 aliphatic heterocycles. The first-order valence-electron chi connectivity index (χ1n) is 7.34. The lowest BCUT2D eigenvalue weighted by molar-refractivity contribution is 0.171. The molecular formula is C16H20N2S. The van der Waals surface area contributed by atoms with Crippen LogP contribution in [0.15, 0.2) is 24.3 Å². The number of benzene rings is 1. The first kappa shape index (κ1) is 11.9. The van der Waals surface area contributed by atoms with Crippen LogP contribution in [0.1, 0.15) is 30.7 Å². The van der Waals surface area contributed by atoms with Crippen molar-refractivity contribution in [2.75, 3.05) is 6.54 Å². The summed E-state index contributed by atoms with van der Waals surface area (Å²) in [6.07, 6.45) is 6.69. The molecule has 2 aliphatic carbocycles. The second-order valence-corrected chi connectivity index (χ2v) is 7.51. The van der Waals surface area contributed by atoms with Crippen LogP contribution < -0.4 is 5.73 Å². The van der Waals surface area contributed by atoms with Crippen LogP contribution in [0.25, 0.3) is 10.2 Å². The highest BCUT2D eigenvalue weighted by Crippen LogP contribution is 2.57. The van der Waals surface area contributed by atoms with Crippen LogP contribution >= 0.6 is 11.3 Å². The fraction of sp³-hybridized carbons (Fsp3) is 0.562. The van der Waals surface area contributed by atoms with E-state index in [1.165, 1.54) is 35.4 Å². The molecule has 1 aromatic heterocycles. The number of nitrogens with zero attached hydrogens (tertiary/aromatic N) is 1. The zero-order chi connectivity index (χ0) is 12.9. The quantitative estimate of drug-likeness (QED) is 0.927. The molecule has 2 nitrogen and oxygen atoms in total. The van der Waals surface area contributed by atoms with Gasteiger partial charge < -0.3 is 5.73 Å². The minimum atomic E-state index is 0.358. The molecule has 0 radical (unpaired) electrons. The van der Waals surface area contributed by atoms with Crippen molar-refractivity contribution in [2.45, 2.75) is 32.1 Å². The SMILES string of the molecule is NCC1(Cc2nc3ccccc3s2)CC2CCC1C2. The van der Waals surface area contributed by atoms with Crippen molar-refractivity contribution in [3.05, 3.63) is 29.3 Å². The van der Waals surface area contributed by atoms with Gasteiger partial charge in [0.15, 0.2) is 0 Å². The summed E-state index contributed by atoms with van der Waals surface area (Å²) in [6, 6.07) is 8.46. The van der Waals surface area contributed by atoms with Crippen LogP contribution in [-0.4, -0.2) is 11.5 Å². The number of para-hydroxylation sites is 1. The Morgan fingerprint density at radius 1 is 1.32 bits per heavy atom. The van der Waals surface area contributed by atoms with Crippen LogP contribution in [0.3, 0.4) is 0 Å². The molecular weight excluding hydrogens is 252 g/mol. The van der Waals surface area contributed by atoms with Gasteiger partial charge in [-0.2, -0.15) is 0 Å². The zero-order valence-corrected chi connectivity index (χ0v) is 12.0. The molecule has 2 saturated carbocycles. The van der Waals surface area contributed by atoms with E-state index >= 15 is 0 Å². The van der Waals surface area contributed by atoms with E-state index in [1.807, 2.05) is 11.3 Å². The Bertz CT molecular complexity index is 573. The molecule has 100 valence electrons. The Kier molecular flexibility index (Phi) is 2.68. The summed E-state index contributed by atoms with van der Waals surface area (Å²) in [6.45, 7) is 0.837. The van der Waals surface area contributed by atoms with Gasteiger partial charge in [-0.05, 0) is 55.2 Å². The summed E-state index contributed by atoms with van der Waals surface area (Å²) in [7, 11) is 0. The average molecular weight is 272 g/mol. The van der Waals surface area contributed by atoms with E-state index in [2.05, 4.69) is 24.3 Å². The van der Waals surface area contributed by atoms with E-state index < -0.39 is 0 Å². The van der Waals surface area contributed by atoms with E-state index in [1.54, 1.807) is 0 Å². The van der Waals surface area contributed by atoms with Crippen molar-refractivity contribution in [1.82, 2.24) is 4.98 Å². The first-order chi connectivity index (χ1) is 9.29.